The zero-order valence-corrected chi connectivity index (χ0v) is 18.9. The molecule has 182 valence electrons. The number of hydrogen-bond acceptors (Lipinski definition) is 8. The van der Waals surface area contributed by atoms with Gasteiger partial charge in [0.25, 0.3) is 0 Å². The average Bonchev–Trinajstić information content (AvgIpc) is 3.37. The lowest BCUT2D eigenvalue weighted by atomic mass is 9.91. The highest BCUT2D eigenvalue weighted by Gasteiger charge is 2.36. The van der Waals surface area contributed by atoms with E-state index in [1.54, 1.807) is 24.3 Å². The summed E-state index contributed by atoms with van der Waals surface area (Å²) in [5, 5.41) is 13.6. The highest BCUT2D eigenvalue weighted by Crippen LogP contribution is 2.29. The SMILES string of the molecule is CC1CCCN(c2nc(C(N)=CC(=NCc3ccccc3F)c3ccon3)ncc2F)C1C(=O)O. The van der Waals surface area contributed by atoms with Gasteiger partial charge in [-0.1, -0.05) is 30.3 Å². The number of carboxylic acid groups (broad SMARTS) is 1. The molecule has 0 saturated carbocycles. The van der Waals surface area contributed by atoms with E-state index in [-0.39, 0.29) is 35.5 Å². The Morgan fingerprint density at radius 1 is 1.31 bits per heavy atom. The van der Waals surface area contributed by atoms with Gasteiger partial charge >= 0.3 is 5.97 Å². The van der Waals surface area contributed by atoms with E-state index in [1.165, 1.54) is 23.3 Å². The molecule has 1 saturated heterocycles. The third-order valence-electron chi connectivity index (χ3n) is 5.81. The van der Waals surface area contributed by atoms with Crippen molar-refractivity contribution >= 4 is 23.2 Å². The van der Waals surface area contributed by atoms with Crippen molar-refractivity contribution < 1.29 is 23.2 Å². The molecule has 0 amide bonds. The van der Waals surface area contributed by atoms with Crippen LogP contribution in [0.2, 0.25) is 0 Å². The lowest BCUT2D eigenvalue weighted by Crippen LogP contribution is -2.50. The standard InChI is InChI=1S/C24H24F2N6O3/c1-14-5-4-9-32(21(14)24(33)34)23-17(26)13-29-22(30-23)18(27)11-20(19-8-10-35-31-19)28-12-15-6-2-3-7-16(15)25/h2-3,6-8,10-11,13-14,21H,4-5,9,12,27H2,1H3,(H,33,34). The second-order valence-corrected chi connectivity index (χ2v) is 8.24. The van der Waals surface area contributed by atoms with E-state index in [4.69, 9.17) is 10.3 Å². The van der Waals surface area contributed by atoms with Crippen LogP contribution >= 0.6 is 0 Å². The van der Waals surface area contributed by atoms with Gasteiger partial charge in [0.2, 0.25) is 0 Å². The summed E-state index contributed by atoms with van der Waals surface area (Å²) in [6, 6.07) is 6.88. The summed E-state index contributed by atoms with van der Waals surface area (Å²) in [5.74, 6) is -2.51. The van der Waals surface area contributed by atoms with Crippen LogP contribution in [-0.4, -0.2) is 44.5 Å². The minimum Gasteiger partial charge on any atom is -0.480 e. The number of carbonyl (C=O) groups is 1. The van der Waals surface area contributed by atoms with Crippen LogP contribution in [0.25, 0.3) is 5.70 Å². The number of aliphatic imine (C=N–C) groups is 1. The van der Waals surface area contributed by atoms with Crippen molar-refractivity contribution in [1.29, 1.82) is 0 Å². The van der Waals surface area contributed by atoms with Crippen LogP contribution in [-0.2, 0) is 11.3 Å². The van der Waals surface area contributed by atoms with Gasteiger partial charge in [-0.2, -0.15) is 0 Å². The van der Waals surface area contributed by atoms with Crippen LogP contribution in [0, 0.1) is 17.6 Å². The van der Waals surface area contributed by atoms with Crippen molar-refractivity contribution in [3.8, 4) is 0 Å². The molecule has 0 aliphatic carbocycles. The molecule has 4 rings (SSSR count). The fourth-order valence-electron chi connectivity index (χ4n) is 4.05. The molecule has 3 heterocycles. The van der Waals surface area contributed by atoms with E-state index in [0.29, 0.717) is 30.6 Å². The van der Waals surface area contributed by atoms with Crippen molar-refractivity contribution in [2.75, 3.05) is 11.4 Å². The van der Waals surface area contributed by atoms with Gasteiger partial charge in [0.1, 0.15) is 23.8 Å². The smallest absolute Gasteiger partial charge is 0.326 e. The molecule has 3 aromatic rings. The van der Waals surface area contributed by atoms with Gasteiger partial charge < -0.3 is 20.3 Å². The zero-order valence-electron chi connectivity index (χ0n) is 18.9. The molecule has 35 heavy (non-hydrogen) atoms. The van der Waals surface area contributed by atoms with Gasteiger partial charge in [0, 0.05) is 18.2 Å². The molecule has 1 aliphatic rings. The molecule has 3 N–H and O–H groups in total. The van der Waals surface area contributed by atoms with Gasteiger partial charge in [0.05, 0.1) is 24.2 Å². The minimum absolute atomic E-state index is 0.00847. The van der Waals surface area contributed by atoms with Crippen LogP contribution in [0.15, 0.2) is 58.4 Å². The average molecular weight is 482 g/mol. The molecule has 2 aromatic heterocycles. The van der Waals surface area contributed by atoms with E-state index in [9.17, 15) is 18.7 Å². The second-order valence-electron chi connectivity index (χ2n) is 8.24. The number of nitrogens with two attached hydrogens (primary N) is 1. The lowest BCUT2D eigenvalue weighted by molar-refractivity contribution is -0.140. The molecule has 0 spiro atoms. The summed E-state index contributed by atoms with van der Waals surface area (Å²) in [4.78, 5) is 26.0. The Balaban J connectivity index is 1.68. The number of anilines is 1. The number of halogens is 2. The number of benzene rings is 1. The molecular formula is C24H24F2N6O3. The highest BCUT2D eigenvalue weighted by molar-refractivity contribution is 6.10. The number of nitrogens with zero attached hydrogens (tertiary/aromatic N) is 5. The molecule has 1 aliphatic heterocycles. The molecule has 1 fully saturated rings. The molecule has 0 bridgehead atoms. The van der Waals surface area contributed by atoms with Gasteiger partial charge in [-0.25, -0.2) is 23.5 Å². The van der Waals surface area contributed by atoms with Crippen molar-refractivity contribution in [2.24, 2.45) is 16.6 Å². The predicted octanol–water partition coefficient (Wildman–Crippen LogP) is 3.42. The Morgan fingerprint density at radius 2 is 2.11 bits per heavy atom. The third-order valence-corrected chi connectivity index (χ3v) is 5.81. The molecule has 0 radical (unpaired) electrons. The van der Waals surface area contributed by atoms with E-state index in [0.717, 1.165) is 6.20 Å². The first-order valence-corrected chi connectivity index (χ1v) is 11.0. The van der Waals surface area contributed by atoms with E-state index >= 15 is 0 Å². The monoisotopic (exact) mass is 482 g/mol. The maximum Gasteiger partial charge on any atom is 0.326 e. The lowest BCUT2D eigenvalue weighted by Gasteiger charge is -2.38. The van der Waals surface area contributed by atoms with Crippen molar-refractivity contribution in [1.82, 2.24) is 15.1 Å². The number of allylic oxidation sites excluding steroid dienone is 1. The number of aliphatic carboxylic acids is 1. The largest absolute Gasteiger partial charge is 0.480 e. The van der Waals surface area contributed by atoms with Crippen molar-refractivity contribution in [3.63, 3.8) is 0 Å². The number of piperidine rings is 1. The summed E-state index contributed by atoms with van der Waals surface area (Å²) in [7, 11) is 0. The summed E-state index contributed by atoms with van der Waals surface area (Å²) >= 11 is 0. The van der Waals surface area contributed by atoms with Crippen LogP contribution in [0.5, 0.6) is 0 Å². The second kappa shape index (κ2) is 10.4. The van der Waals surface area contributed by atoms with Crippen LogP contribution in [0.3, 0.4) is 0 Å². The normalized spacial score (nSPS) is 19.1. The fourth-order valence-corrected chi connectivity index (χ4v) is 4.05. The first-order valence-electron chi connectivity index (χ1n) is 11.0. The number of carboxylic acids is 1. The Hall–Kier alpha value is -4.15. The first-order chi connectivity index (χ1) is 16.8. The summed E-state index contributed by atoms with van der Waals surface area (Å²) in [6.07, 6.45) is 5.17. The minimum atomic E-state index is -1.05. The molecular weight excluding hydrogens is 458 g/mol. The maximum atomic E-state index is 14.7. The van der Waals surface area contributed by atoms with E-state index in [1.807, 2.05) is 6.92 Å². The van der Waals surface area contributed by atoms with Crippen LogP contribution in [0.4, 0.5) is 14.6 Å². The Labute approximate surface area is 200 Å². The Morgan fingerprint density at radius 3 is 2.83 bits per heavy atom. The number of hydrogen-bond donors (Lipinski definition) is 2. The topological polar surface area (TPSA) is 131 Å². The zero-order chi connectivity index (χ0) is 24.9. The predicted molar refractivity (Wildman–Crippen MR) is 124 cm³/mol. The fraction of sp³-hybridized carbons (Fsp3) is 0.292. The third kappa shape index (κ3) is 5.34. The highest BCUT2D eigenvalue weighted by atomic mass is 19.1. The van der Waals surface area contributed by atoms with Gasteiger partial charge in [-0.05, 0) is 30.9 Å². The van der Waals surface area contributed by atoms with Gasteiger partial charge in [-0.3, -0.25) is 4.99 Å². The van der Waals surface area contributed by atoms with E-state index < -0.39 is 23.6 Å². The first kappa shape index (κ1) is 24.0. The van der Waals surface area contributed by atoms with Crippen molar-refractivity contribution in [3.05, 3.63) is 77.6 Å². The number of aromatic nitrogens is 3. The Kier molecular flexibility index (Phi) is 7.14. The van der Waals surface area contributed by atoms with Crippen molar-refractivity contribution in [2.45, 2.75) is 32.4 Å². The summed E-state index contributed by atoms with van der Waals surface area (Å²) < 4.78 is 33.7. The number of rotatable bonds is 7. The van der Waals surface area contributed by atoms with Crippen LogP contribution < -0.4 is 10.6 Å². The summed E-state index contributed by atoms with van der Waals surface area (Å²) in [6.45, 7) is 2.17. The molecule has 9 nitrogen and oxygen atoms in total. The molecule has 2 atom stereocenters. The van der Waals surface area contributed by atoms with Crippen LogP contribution in [0.1, 0.15) is 36.8 Å². The van der Waals surface area contributed by atoms with Gasteiger partial charge in [0.15, 0.2) is 17.5 Å². The van der Waals surface area contributed by atoms with Gasteiger partial charge in [-0.15, -0.1) is 0 Å². The summed E-state index contributed by atoms with van der Waals surface area (Å²) in [5.41, 5.74) is 7.28. The molecule has 11 heteroatoms. The van der Waals surface area contributed by atoms with E-state index in [2.05, 4.69) is 20.1 Å². The Bertz CT molecular complexity index is 1260. The quantitative estimate of drug-likeness (QED) is 0.490. The molecule has 2 unspecified atom stereocenters. The molecule has 1 aromatic carbocycles. The maximum absolute atomic E-state index is 14.7.